The summed E-state index contributed by atoms with van der Waals surface area (Å²) in [6.07, 6.45) is -1.20. The molecule has 1 aliphatic heterocycles. The molecular weight excluding hydrogens is 289 g/mol. The molecule has 0 saturated carbocycles. The maximum absolute atomic E-state index is 10.6. The van der Waals surface area contributed by atoms with Crippen LogP contribution in [0.2, 0.25) is 0 Å². The lowest BCUT2D eigenvalue weighted by atomic mass is 10.1. The molecule has 2 heterocycles. The summed E-state index contributed by atoms with van der Waals surface area (Å²) in [6, 6.07) is 1.27. The molecule has 0 spiro atoms. The molecule has 0 atom stereocenters. The van der Waals surface area contributed by atoms with E-state index in [2.05, 4.69) is 29.2 Å². The molecule has 0 aromatic carbocycles. The van der Waals surface area contributed by atoms with Crippen molar-refractivity contribution >= 4 is 11.7 Å². The van der Waals surface area contributed by atoms with Crippen molar-refractivity contribution in [2.24, 2.45) is 7.05 Å². The molecule has 1 fully saturated rings. The first-order valence-corrected chi connectivity index (χ1v) is 6.39. The van der Waals surface area contributed by atoms with Gasteiger partial charge in [0.15, 0.2) is 0 Å². The molecule has 1 aromatic heterocycles. The van der Waals surface area contributed by atoms with Crippen LogP contribution in [0.3, 0.4) is 0 Å². The van der Waals surface area contributed by atoms with Crippen LogP contribution in [0.15, 0.2) is 12.4 Å². The number of alkyl halides is 3. The number of halogens is 3. The Kier molecular flexibility index (Phi) is 5.59. The van der Waals surface area contributed by atoms with Crippen molar-refractivity contribution in [3.05, 3.63) is 12.4 Å². The van der Waals surface area contributed by atoms with E-state index in [1.807, 2.05) is 24.1 Å². The Labute approximate surface area is 120 Å². The number of likely N-dealkylation sites (tertiary alicyclic amines) is 1. The number of aliphatic carboxylic acids is 1. The van der Waals surface area contributed by atoms with E-state index in [1.54, 1.807) is 0 Å². The fourth-order valence-electron chi connectivity index (χ4n) is 1.76. The van der Waals surface area contributed by atoms with Gasteiger partial charge in [-0.1, -0.05) is 0 Å². The van der Waals surface area contributed by atoms with Crippen LogP contribution >= 0.6 is 0 Å². The Morgan fingerprint density at radius 1 is 1.48 bits per heavy atom. The number of carboxylic acids is 1. The third kappa shape index (κ3) is 5.62. The van der Waals surface area contributed by atoms with Crippen LogP contribution in [0, 0.1) is 0 Å². The second-order valence-corrected chi connectivity index (χ2v) is 5.09. The van der Waals surface area contributed by atoms with Crippen LogP contribution in [-0.4, -0.2) is 57.1 Å². The number of nitrogens with one attached hydrogen (secondary N) is 1. The van der Waals surface area contributed by atoms with E-state index in [9.17, 15) is 13.2 Å². The lowest BCUT2D eigenvalue weighted by Crippen LogP contribution is -2.57. The average molecular weight is 308 g/mol. The molecule has 0 unspecified atom stereocenters. The molecule has 0 bridgehead atoms. The number of aromatic nitrogens is 2. The molecule has 0 radical (unpaired) electrons. The molecule has 0 aliphatic carbocycles. The van der Waals surface area contributed by atoms with Crippen LogP contribution in [0.5, 0.6) is 0 Å². The van der Waals surface area contributed by atoms with Gasteiger partial charge in [-0.25, -0.2) is 4.79 Å². The second-order valence-electron chi connectivity index (χ2n) is 5.09. The van der Waals surface area contributed by atoms with Crippen molar-refractivity contribution in [1.82, 2.24) is 14.7 Å². The Morgan fingerprint density at radius 3 is 2.33 bits per heavy atom. The zero-order valence-electron chi connectivity index (χ0n) is 12.1. The monoisotopic (exact) mass is 308 g/mol. The molecule has 1 aliphatic rings. The molecule has 0 amide bonds. The van der Waals surface area contributed by atoms with Crippen molar-refractivity contribution in [1.29, 1.82) is 0 Å². The highest BCUT2D eigenvalue weighted by Crippen LogP contribution is 2.16. The van der Waals surface area contributed by atoms with Crippen LogP contribution in [-0.2, 0) is 11.8 Å². The number of hydrogen-bond donors (Lipinski definition) is 2. The number of carbonyl (C=O) groups is 1. The van der Waals surface area contributed by atoms with Gasteiger partial charge in [0, 0.05) is 32.4 Å². The highest BCUT2D eigenvalue weighted by atomic mass is 19.4. The highest BCUT2D eigenvalue weighted by molar-refractivity contribution is 5.73. The number of rotatable bonds is 3. The fourth-order valence-corrected chi connectivity index (χ4v) is 1.76. The minimum Gasteiger partial charge on any atom is -0.475 e. The van der Waals surface area contributed by atoms with Gasteiger partial charge in [-0.2, -0.15) is 18.3 Å². The van der Waals surface area contributed by atoms with Gasteiger partial charge in [0.25, 0.3) is 0 Å². The van der Waals surface area contributed by atoms with Crippen LogP contribution in [0.25, 0.3) is 0 Å². The molecule has 2 rings (SSSR count). The molecule has 6 nitrogen and oxygen atoms in total. The summed E-state index contributed by atoms with van der Waals surface area (Å²) >= 11 is 0. The zero-order valence-corrected chi connectivity index (χ0v) is 12.1. The van der Waals surface area contributed by atoms with Crippen molar-refractivity contribution < 1.29 is 23.1 Å². The van der Waals surface area contributed by atoms with Gasteiger partial charge in [-0.05, 0) is 13.8 Å². The Balaban J connectivity index is 0.000000270. The minimum atomic E-state index is -5.08. The first-order valence-electron chi connectivity index (χ1n) is 6.39. The second kappa shape index (κ2) is 6.79. The first kappa shape index (κ1) is 17.3. The summed E-state index contributed by atoms with van der Waals surface area (Å²) < 4.78 is 33.6. The van der Waals surface area contributed by atoms with E-state index in [0.717, 1.165) is 18.8 Å². The Bertz CT molecular complexity index is 467. The molecule has 2 N–H and O–H groups in total. The largest absolute Gasteiger partial charge is 0.490 e. The lowest BCUT2D eigenvalue weighted by molar-refractivity contribution is -0.192. The van der Waals surface area contributed by atoms with Crippen LogP contribution < -0.4 is 5.32 Å². The molecular formula is C12H19F3N4O2. The predicted molar refractivity (Wildman–Crippen MR) is 71.0 cm³/mol. The van der Waals surface area contributed by atoms with Gasteiger partial charge in [-0.15, -0.1) is 0 Å². The van der Waals surface area contributed by atoms with E-state index in [4.69, 9.17) is 9.90 Å². The van der Waals surface area contributed by atoms with Gasteiger partial charge in [0.05, 0.1) is 17.9 Å². The van der Waals surface area contributed by atoms with Crippen molar-refractivity contribution in [2.75, 3.05) is 18.4 Å². The number of hydrogen-bond acceptors (Lipinski definition) is 4. The average Bonchev–Trinajstić information content (AvgIpc) is 2.67. The first-order chi connectivity index (χ1) is 9.59. The third-order valence-electron chi connectivity index (χ3n) is 2.96. The third-order valence-corrected chi connectivity index (χ3v) is 2.96. The number of aryl methyl sites for hydroxylation is 1. The van der Waals surface area contributed by atoms with E-state index >= 15 is 0 Å². The van der Waals surface area contributed by atoms with Gasteiger partial charge < -0.3 is 10.4 Å². The van der Waals surface area contributed by atoms with Crippen molar-refractivity contribution in [3.63, 3.8) is 0 Å². The fraction of sp³-hybridized carbons (Fsp3) is 0.667. The number of nitrogens with zero attached hydrogens (tertiary/aromatic N) is 3. The summed E-state index contributed by atoms with van der Waals surface area (Å²) in [5.74, 6) is -2.76. The minimum absolute atomic E-state index is 0.599. The van der Waals surface area contributed by atoms with Gasteiger partial charge in [0.1, 0.15) is 0 Å². The maximum atomic E-state index is 10.6. The maximum Gasteiger partial charge on any atom is 0.490 e. The Hall–Kier alpha value is -1.77. The Morgan fingerprint density at radius 2 is 2.00 bits per heavy atom. The summed E-state index contributed by atoms with van der Waals surface area (Å²) in [5.41, 5.74) is 1.13. The quantitative estimate of drug-likeness (QED) is 0.887. The van der Waals surface area contributed by atoms with Gasteiger partial charge in [-0.3, -0.25) is 9.58 Å². The smallest absolute Gasteiger partial charge is 0.475 e. The summed E-state index contributed by atoms with van der Waals surface area (Å²) in [7, 11) is 1.94. The van der Waals surface area contributed by atoms with Crippen LogP contribution in [0.1, 0.15) is 13.8 Å². The molecule has 1 aromatic rings. The van der Waals surface area contributed by atoms with E-state index in [-0.39, 0.29) is 0 Å². The molecule has 21 heavy (non-hydrogen) atoms. The SMILES string of the molecule is CC(C)N1CC(Nc2cnn(C)c2)C1.O=C(O)C(F)(F)F. The van der Waals surface area contributed by atoms with Crippen LogP contribution in [0.4, 0.5) is 18.9 Å². The van der Waals surface area contributed by atoms with E-state index in [1.165, 1.54) is 0 Å². The van der Waals surface area contributed by atoms with Crippen molar-refractivity contribution in [2.45, 2.75) is 32.1 Å². The van der Waals surface area contributed by atoms with Gasteiger partial charge in [0.2, 0.25) is 0 Å². The zero-order chi connectivity index (χ0) is 16.2. The number of carboxylic acid groups (broad SMARTS) is 1. The summed E-state index contributed by atoms with van der Waals surface area (Å²) in [6.45, 7) is 6.76. The highest BCUT2D eigenvalue weighted by Gasteiger charge is 2.38. The van der Waals surface area contributed by atoms with Gasteiger partial charge >= 0.3 is 12.1 Å². The summed E-state index contributed by atoms with van der Waals surface area (Å²) in [4.78, 5) is 11.3. The topological polar surface area (TPSA) is 70.4 Å². The predicted octanol–water partition coefficient (Wildman–Crippen LogP) is 1.56. The number of anilines is 1. The van der Waals surface area contributed by atoms with E-state index in [0.29, 0.717) is 12.1 Å². The van der Waals surface area contributed by atoms with Crippen molar-refractivity contribution in [3.8, 4) is 0 Å². The normalized spacial score (nSPS) is 16.1. The van der Waals surface area contributed by atoms with E-state index < -0.39 is 12.1 Å². The summed E-state index contributed by atoms with van der Waals surface area (Å²) in [5, 5.41) is 14.7. The lowest BCUT2D eigenvalue weighted by Gasteiger charge is -2.42. The standard InChI is InChI=1S/C10H18N4.C2HF3O2/c1-8(2)14-6-10(7-14)12-9-4-11-13(3)5-9;3-2(4,5)1(6)7/h4-5,8,10,12H,6-7H2,1-3H3;(H,6,7). The molecule has 9 heteroatoms. The molecule has 120 valence electrons. The molecule has 1 saturated heterocycles.